The summed E-state index contributed by atoms with van der Waals surface area (Å²) in [7, 11) is 3.08. The summed E-state index contributed by atoms with van der Waals surface area (Å²) < 4.78 is 29.4. The molecule has 0 saturated carbocycles. The quantitative estimate of drug-likeness (QED) is 0.110. The fourth-order valence-electron chi connectivity index (χ4n) is 4.65. The molecule has 3 aromatic carbocycles. The Morgan fingerprint density at radius 1 is 1.05 bits per heavy atom. The van der Waals surface area contributed by atoms with E-state index in [1.54, 1.807) is 57.4 Å². The van der Waals surface area contributed by atoms with Gasteiger partial charge in [-0.2, -0.15) is 9.78 Å². The number of hydrogen-bond donors (Lipinski definition) is 0. The van der Waals surface area contributed by atoms with Crippen LogP contribution in [0.15, 0.2) is 87.6 Å². The van der Waals surface area contributed by atoms with Crippen molar-refractivity contribution < 1.29 is 28.2 Å². The second kappa shape index (κ2) is 12.6. The molecule has 220 valence electrons. The number of nitrogens with zero attached hydrogens (tertiary/aromatic N) is 3. The molecule has 0 amide bonds. The van der Waals surface area contributed by atoms with Crippen molar-refractivity contribution in [3.05, 3.63) is 94.8 Å². The number of methoxy groups -OCH3 is 2. The minimum absolute atomic E-state index is 0.222. The van der Waals surface area contributed by atoms with Gasteiger partial charge in [-0.3, -0.25) is 4.79 Å². The van der Waals surface area contributed by atoms with E-state index in [1.807, 2.05) is 30.3 Å². The van der Waals surface area contributed by atoms with Crippen molar-refractivity contribution in [1.82, 2.24) is 9.66 Å². The first-order valence-corrected chi connectivity index (χ1v) is 13.6. The summed E-state index contributed by atoms with van der Waals surface area (Å²) in [5, 5.41) is 5.70. The van der Waals surface area contributed by atoms with Crippen LogP contribution in [0.5, 0.6) is 17.2 Å². The van der Waals surface area contributed by atoms with Crippen LogP contribution in [0.1, 0.15) is 25.0 Å². The highest BCUT2D eigenvalue weighted by Gasteiger charge is 2.19. The van der Waals surface area contributed by atoms with Gasteiger partial charge in [-0.25, -0.2) is 9.78 Å². The summed E-state index contributed by atoms with van der Waals surface area (Å²) in [6.45, 7) is 7.08. The second-order valence-corrected chi connectivity index (χ2v) is 9.83. The van der Waals surface area contributed by atoms with Crippen molar-refractivity contribution in [3.8, 4) is 28.8 Å². The number of carbonyl (C=O) groups excluding carboxylic acids is 1. The van der Waals surface area contributed by atoms with E-state index in [0.29, 0.717) is 57.0 Å². The number of aromatic nitrogens is 2. The maximum absolute atomic E-state index is 13.7. The van der Waals surface area contributed by atoms with Crippen LogP contribution in [0.4, 0.5) is 0 Å². The van der Waals surface area contributed by atoms with Gasteiger partial charge in [0.1, 0.15) is 11.3 Å². The Balaban J connectivity index is 1.60. The molecule has 0 fully saturated rings. The minimum atomic E-state index is -0.494. The lowest BCUT2D eigenvalue weighted by atomic mass is 10.1. The molecule has 0 aliphatic rings. The lowest BCUT2D eigenvalue weighted by molar-refractivity contribution is -0.149. The van der Waals surface area contributed by atoms with Gasteiger partial charge in [0.25, 0.3) is 5.56 Å². The number of esters is 1. The van der Waals surface area contributed by atoms with Crippen molar-refractivity contribution in [3.63, 3.8) is 0 Å². The van der Waals surface area contributed by atoms with E-state index >= 15 is 0 Å². The van der Waals surface area contributed by atoms with Gasteiger partial charge in [0.2, 0.25) is 5.82 Å². The monoisotopic (exact) mass is 581 g/mol. The molecule has 2 heterocycles. The van der Waals surface area contributed by atoms with Gasteiger partial charge in [0, 0.05) is 5.56 Å². The molecule has 0 unspecified atom stereocenters. The van der Waals surface area contributed by atoms with Gasteiger partial charge >= 0.3 is 5.97 Å². The van der Waals surface area contributed by atoms with Crippen LogP contribution >= 0.6 is 0 Å². The Kier molecular flexibility index (Phi) is 8.56. The molecule has 5 rings (SSSR count). The molecule has 0 saturated heterocycles. The molecule has 0 atom stereocenters. The number of ether oxygens (including phenoxy) is 4. The van der Waals surface area contributed by atoms with Crippen molar-refractivity contribution >= 4 is 34.1 Å². The van der Waals surface area contributed by atoms with E-state index < -0.39 is 5.97 Å². The molecular formula is C33H31N3O7. The normalized spacial score (nSPS) is 11.4. The number of hydrogen-bond acceptors (Lipinski definition) is 9. The summed E-state index contributed by atoms with van der Waals surface area (Å²) in [6.07, 6.45) is 3.40. The molecular weight excluding hydrogens is 550 g/mol. The molecule has 43 heavy (non-hydrogen) atoms. The van der Waals surface area contributed by atoms with Gasteiger partial charge in [-0.05, 0) is 68.3 Å². The van der Waals surface area contributed by atoms with Gasteiger partial charge in [-0.1, -0.05) is 24.3 Å². The Labute approximate surface area is 247 Å². The SMILES string of the molecule is C=CCc1cc(C=Nn2c(-c3cc4c(OC)cccc4o3)nc3ccccc3c2=O)cc(OC)c1OCC(=O)OC(C)C. The minimum Gasteiger partial charge on any atom is -0.496 e. The molecule has 10 heteroatoms. The number of fused-ring (bicyclic) bond motifs is 2. The number of allylic oxidation sites excluding steroid dienone is 1. The maximum atomic E-state index is 13.7. The zero-order valence-electron chi connectivity index (χ0n) is 24.3. The first-order valence-electron chi connectivity index (χ1n) is 13.6. The van der Waals surface area contributed by atoms with Crippen LogP contribution in [0.2, 0.25) is 0 Å². The highest BCUT2D eigenvalue weighted by atomic mass is 16.6. The molecule has 5 aromatic rings. The molecule has 0 bridgehead atoms. The third kappa shape index (κ3) is 6.13. The molecule has 0 aliphatic carbocycles. The summed E-state index contributed by atoms with van der Waals surface area (Å²) in [6, 6.07) is 17.8. The molecule has 0 N–H and O–H groups in total. The van der Waals surface area contributed by atoms with Gasteiger partial charge < -0.3 is 23.4 Å². The van der Waals surface area contributed by atoms with E-state index in [9.17, 15) is 9.59 Å². The first-order chi connectivity index (χ1) is 20.8. The predicted molar refractivity (Wildman–Crippen MR) is 164 cm³/mol. The predicted octanol–water partition coefficient (Wildman–Crippen LogP) is 5.77. The second-order valence-electron chi connectivity index (χ2n) is 9.83. The Hall–Kier alpha value is -5.38. The molecule has 2 aromatic heterocycles. The first kappa shape index (κ1) is 29.1. The van der Waals surface area contributed by atoms with Gasteiger partial charge in [-0.15, -0.1) is 6.58 Å². The number of para-hydroxylation sites is 1. The largest absolute Gasteiger partial charge is 0.496 e. The highest BCUT2D eigenvalue weighted by molar-refractivity contribution is 5.89. The highest BCUT2D eigenvalue weighted by Crippen LogP contribution is 2.34. The van der Waals surface area contributed by atoms with Gasteiger partial charge in [0.05, 0.1) is 42.8 Å². The van der Waals surface area contributed by atoms with Crippen LogP contribution in [0, 0.1) is 0 Å². The number of carbonyl (C=O) groups is 1. The number of rotatable bonds is 11. The fourth-order valence-corrected chi connectivity index (χ4v) is 4.65. The number of benzene rings is 3. The summed E-state index contributed by atoms with van der Waals surface area (Å²) in [5.41, 5.74) is 2.05. The Morgan fingerprint density at radius 2 is 1.84 bits per heavy atom. The maximum Gasteiger partial charge on any atom is 0.344 e. The average molecular weight is 582 g/mol. The van der Waals surface area contributed by atoms with Crippen molar-refractivity contribution in [2.75, 3.05) is 20.8 Å². The average Bonchev–Trinajstić information content (AvgIpc) is 3.44. The van der Waals surface area contributed by atoms with Crippen molar-refractivity contribution in [1.29, 1.82) is 0 Å². The molecule has 0 aliphatic heterocycles. The van der Waals surface area contributed by atoms with E-state index in [-0.39, 0.29) is 24.1 Å². The van der Waals surface area contributed by atoms with Crippen LogP contribution in [0.3, 0.4) is 0 Å². The van der Waals surface area contributed by atoms with E-state index in [4.69, 9.17) is 28.3 Å². The van der Waals surface area contributed by atoms with Crippen LogP contribution in [-0.2, 0) is 16.0 Å². The van der Waals surface area contributed by atoms with E-state index in [1.165, 1.54) is 18.0 Å². The molecule has 0 radical (unpaired) electrons. The van der Waals surface area contributed by atoms with Crippen LogP contribution in [0.25, 0.3) is 33.5 Å². The van der Waals surface area contributed by atoms with Crippen molar-refractivity contribution in [2.24, 2.45) is 5.10 Å². The number of furan rings is 1. The van der Waals surface area contributed by atoms with Crippen LogP contribution < -0.4 is 19.8 Å². The zero-order valence-corrected chi connectivity index (χ0v) is 24.3. The summed E-state index contributed by atoms with van der Waals surface area (Å²) in [4.78, 5) is 30.5. The molecule has 10 nitrogen and oxygen atoms in total. The smallest absolute Gasteiger partial charge is 0.344 e. The Bertz CT molecular complexity index is 1900. The topological polar surface area (TPSA) is 114 Å². The van der Waals surface area contributed by atoms with E-state index in [2.05, 4.69) is 11.7 Å². The van der Waals surface area contributed by atoms with Gasteiger partial charge in [0.15, 0.2) is 23.9 Å². The fraction of sp³-hybridized carbons (Fsp3) is 0.212. The molecule has 0 spiro atoms. The Morgan fingerprint density at radius 3 is 2.58 bits per heavy atom. The van der Waals surface area contributed by atoms with E-state index in [0.717, 1.165) is 5.39 Å². The third-order valence-electron chi connectivity index (χ3n) is 6.48. The summed E-state index contributed by atoms with van der Waals surface area (Å²) in [5.74, 6) is 1.48. The standard InChI is InChI=1S/C33H31N3O7/c1-6-10-22-15-21(16-28(40-5)31(22)41-19-30(37)42-20(2)3)18-34-36-32(35-25-12-8-7-11-23(25)33(36)38)29-17-24-26(39-4)13-9-14-27(24)43-29/h6-9,11-18,20H,1,10,19H2,2-5H3. The van der Waals surface area contributed by atoms with Crippen LogP contribution in [-0.4, -0.2) is 48.8 Å². The lowest BCUT2D eigenvalue weighted by Gasteiger charge is -2.16. The zero-order chi connectivity index (χ0) is 30.5. The lowest BCUT2D eigenvalue weighted by Crippen LogP contribution is -2.20. The van der Waals surface area contributed by atoms with Crippen molar-refractivity contribution in [2.45, 2.75) is 26.4 Å². The summed E-state index contributed by atoms with van der Waals surface area (Å²) >= 11 is 0. The third-order valence-corrected chi connectivity index (χ3v) is 6.48.